The molecule has 1 aromatic heterocycles. The Morgan fingerprint density at radius 1 is 1.60 bits per heavy atom. The summed E-state index contributed by atoms with van der Waals surface area (Å²) in [5.41, 5.74) is 6.66. The first-order valence-corrected chi connectivity index (χ1v) is 7.97. The summed E-state index contributed by atoms with van der Waals surface area (Å²) in [6.07, 6.45) is 1.79. The lowest BCUT2D eigenvalue weighted by atomic mass is 9.90. The van der Waals surface area contributed by atoms with Gasteiger partial charge in [0.25, 0.3) is 5.91 Å². The van der Waals surface area contributed by atoms with E-state index < -0.39 is 0 Å². The van der Waals surface area contributed by atoms with Gasteiger partial charge in [-0.3, -0.25) is 4.79 Å². The van der Waals surface area contributed by atoms with E-state index in [0.717, 1.165) is 29.9 Å². The molecule has 0 bridgehead atoms. The van der Waals surface area contributed by atoms with Crippen LogP contribution in [0.15, 0.2) is 6.07 Å². The summed E-state index contributed by atoms with van der Waals surface area (Å²) in [6.45, 7) is 8.12. The first-order valence-electron chi connectivity index (χ1n) is 7.15. The van der Waals surface area contributed by atoms with Crippen LogP contribution in [0.4, 0.5) is 0 Å². The summed E-state index contributed by atoms with van der Waals surface area (Å²) < 4.78 is 5.42. The minimum atomic E-state index is -0.341. The van der Waals surface area contributed by atoms with Crippen LogP contribution in [0.5, 0.6) is 0 Å². The third kappa shape index (κ3) is 3.59. The average molecular weight is 296 g/mol. The van der Waals surface area contributed by atoms with Crippen molar-refractivity contribution in [1.29, 1.82) is 0 Å². The lowest BCUT2D eigenvalue weighted by Crippen LogP contribution is -2.52. The zero-order chi connectivity index (χ0) is 14.8. The van der Waals surface area contributed by atoms with Gasteiger partial charge < -0.3 is 15.8 Å². The molecule has 2 heterocycles. The minimum absolute atomic E-state index is 0.0157. The normalized spacial score (nSPS) is 17.6. The van der Waals surface area contributed by atoms with Gasteiger partial charge in [0.2, 0.25) is 0 Å². The SMILES string of the molecule is CC(C)CC(C)(CN)NC(=O)c1cc2c(s1)CCOC2. The molecule has 3 N–H and O–H groups in total. The number of carbonyl (C=O) groups is 1. The smallest absolute Gasteiger partial charge is 0.261 e. The minimum Gasteiger partial charge on any atom is -0.376 e. The molecule has 20 heavy (non-hydrogen) atoms. The topological polar surface area (TPSA) is 64.3 Å². The van der Waals surface area contributed by atoms with Crippen molar-refractivity contribution in [1.82, 2.24) is 5.32 Å². The number of thiophene rings is 1. The number of hydrogen-bond acceptors (Lipinski definition) is 4. The molecule has 0 saturated heterocycles. The number of carbonyl (C=O) groups excluding carboxylic acids is 1. The van der Waals surface area contributed by atoms with Crippen molar-refractivity contribution in [3.63, 3.8) is 0 Å². The molecular weight excluding hydrogens is 272 g/mol. The Labute approximate surface area is 124 Å². The molecular formula is C15H24N2O2S. The van der Waals surface area contributed by atoms with Crippen molar-refractivity contribution in [3.05, 3.63) is 21.4 Å². The highest BCUT2D eigenvalue weighted by atomic mass is 32.1. The molecule has 112 valence electrons. The lowest BCUT2D eigenvalue weighted by Gasteiger charge is -2.31. The number of hydrogen-bond donors (Lipinski definition) is 2. The zero-order valence-electron chi connectivity index (χ0n) is 12.5. The predicted octanol–water partition coefficient (Wildman–Crippen LogP) is 2.31. The van der Waals surface area contributed by atoms with Crippen molar-refractivity contribution in [2.24, 2.45) is 11.7 Å². The molecule has 4 nitrogen and oxygen atoms in total. The summed E-state index contributed by atoms with van der Waals surface area (Å²) in [6, 6.07) is 1.96. The molecule has 1 aromatic rings. The van der Waals surface area contributed by atoms with Gasteiger partial charge in [-0.05, 0) is 30.9 Å². The molecule has 0 aliphatic carbocycles. The van der Waals surface area contributed by atoms with Crippen LogP contribution in [0.1, 0.15) is 47.3 Å². The molecule has 2 rings (SSSR count). The highest BCUT2D eigenvalue weighted by Gasteiger charge is 2.27. The van der Waals surface area contributed by atoms with E-state index in [1.54, 1.807) is 11.3 Å². The molecule has 0 fully saturated rings. The van der Waals surface area contributed by atoms with Crippen LogP contribution in [-0.2, 0) is 17.8 Å². The number of rotatable bonds is 5. The van der Waals surface area contributed by atoms with Gasteiger partial charge in [0.1, 0.15) is 0 Å². The van der Waals surface area contributed by atoms with E-state index >= 15 is 0 Å². The van der Waals surface area contributed by atoms with Gasteiger partial charge in [0.15, 0.2) is 0 Å². The maximum Gasteiger partial charge on any atom is 0.261 e. The van der Waals surface area contributed by atoms with Crippen molar-refractivity contribution < 1.29 is 9.53 Å². The van der Waals surface area contributed by atoms with E-state index in [1.807, 2.05) is 13.0 Å². The van der Waals surface area contributed by atoms with Crippen LogP contribution >= 0.6 is 11.3 Å². The van der Waals surface area contributed by atoms with Crippen LogP contribution in [0.2, 0.25) is 0 Å². The van der Waals surface area contributed by atoms with Gasteiger partial charge >= 0.3 is 0 Å². The monoisotopic (exact) mass is 296 g/mol. The molecule has 0 spiro atoms. The van der Waals surface area contributed by atoms with Gasteiger partial charge in [0.05, 0.1) is 23.6 Å². The molecule has 1 aliphatic rings. The highest BCUT2D eigenvalue weighted by molar-refractivity contribution is 7.14. The maximum atomic E-state index is 12.4. The molecule has 1 amide bonds. The number of fused-ring (bicyclic) bond motifs is 1. The van der Waals surface area contributed by atoms with Gasteiger partial charge in [-0.2, -0.15) is 0 Å². The van der Waals surface area contributed by atoms with Crippen molar-refractivity contribution in [2.45, 2.75) is 45.8 Å². The van der Waals surface area contributed by atoms with Crippen LogP contribution in [0.3, 0.4) is 0 Å². The molecule has 1 atom stereocenters. The highest BCUT2D eigenvalue weighted by Crippen LogP contribution is 2.27. The second-order valence-corrected chi connectivity index (χ2v) is 7.32. The summed E-state index contributed by atoms with van der Waals surface area (Å²) in [5.74, 6) is 0.479. The van der Waals surface area contributed by atoms with Gasteiger partial charge in [-0.15, -0.1) is 11.3 Å². The lowest BCUT2D eigenvalue weighted by molar-refractivity contribution is 0.0902. The number of ether oxygens (including phenoxy) is 1. The van der Waals surface area contributed by atoms with Crippen molar-refractivity contribution >= 4 is 17.2 Å². The van der Waals surface area contributed by atoms with Crippen LogP contribution < -0.4 is 11.1 Å². The van der Waals surface area contributed by atoms with E-state index in [-0.39, 0.29) is 11.4 Å². The Morgan fingerprint density at radius 2 is 2.35 bits per heavy atom. The van der Waals surface area contributed by atoms with Gasteiger partial charge in [-0.1, -0.05) is 13.8 Å². The molecule has 0 radical (unpaired) electrons. The number of nitrogens with two attached hydrogens (primary N) is 1. The van der Waals surface area contributed by atoms with Crippen LogP contribution in [-0.4, -0.2) is 24.6 Å². The average Bonchev–Trinajstić information content (AvgIpc) is 2.81. The Morgan fingerprint density at radius 3 is 2.95 bits per heavy atom. The Bertz CT molecular complexity index is 461. The molecule has 0 saturated carbocycles. The maximum absolute atomic E-state index is 12.4. The van der Waals surface area contributed by atoms with Crippen LogP contribution in [0.25, 0.3) is 0 Å². The fourth-order valence-electron chi connectivity index (χ4n) is 2.68. The zero-order valence-corrected chi connectivity index (χ0v) is 13.3. The van der Waals surface area contributed by atoms with E-state index in [0.29, 0.717) is 19.1 Å². The fraction of sp³-hybridized carbons (Fsp3) is 0.667. The van der Waals surface area contributed by atoms with E-state index in [4.69, 9.17) is 10.5 Å². The van der Waals surface area contributed by atoms with Crippen molar-refractivity contribution in [2.75, 3.05) is 13.2 Å². The molecule has 1 aliphatic heterocycles. The first-order chi connectivity index (χ1) is 9.43. The third-order valence-corrected chi connectivity index (χ3v) is 4.81. The molecule has 1 unspecified atom stereocenters. The second-order valence-electron chi connectivity index (χ2n) is 6.18. The second kappa shape index (κ2) is 6.24. The summed E-state index contributed by atoms with van der Waals surface area (Å²) in [5, 5.41) is 3.11. The first kappa shape index (κ1) is 15.5. The number of nitrogens with one attached hydrogen (secondary N) is 1. The largest absolute Gasteiger partial charge is 0.376 e. The standard InChI is InChI=1S/C15H24N2O2S/c1-10(2)7-15(3,9-16)17-14(18)13-6-11-8-19-5-4-12(11)20-13/h6,10H,4-5,7-9,16H2,1-3H3,(H,17,18). The summed E-state index contributed by atoms with van der Waals surface area (Å²) in [7, 11) is 0. The predicted molar refractivity (Wildman–Crippen MR) is 82.1 cm³/mol. The summed E-state index contributed by atoms with van der Waals surface area (Å²) >= 11 is 1.58. The van der Waals surface area contributed by atoms with E-state index in [9.17, 15) is 4.79 Å². The van der Waals surface area contributed by atoms with Gasteiger partial charge in [0, 0.05) is 17.8 Å². The van der Waals surface area contributed by atoms with Crippen LogP contribution in [0, 0.1) is 5.92 Å². The Hall–Kier alpha value is -0.910. The van der Waals surface area contributed by atoms with Crippen molar-refractivity contribution in [3.8, 4) is 0 Å². The Balaban J connectivity index is 2.09. The molecule has 5 heteroatoms. The third-order valence-electron chi connectivity index (χ3n) is 3.58. The summed E-state index contributed by atoms with van der Waals surface area (Å²) in [4.78, 5) is 14.5. The van der Waals surface area contributed by atoms with Gasteiger partial charge in [-0.25, -0.2) is 0 Å². The number of amides is 1. The van der Waals surface area contributed by atoms with E-state index in [2.05, 4.69) is 19.2 Å². The molecule has 0 aromatic carbocycles. The quantitative estimate of drug-likeness (QED) is 0.876. The van der Waals surface area contributed by atoms with E-state index in [1.165, 1.54) is 4.88 Å². The Kier molecular flexibility index (Phi) is 4.83. The fourth-order valence-corrected chi connectivity index (χ4v) is 3.73.